The molecule has 6 heteroatoms. The first kappa shape index (κ1) is 17.7. The molecule has 6 nitrogen and oxygen atoms in total. The van der Waals surface area contributed by atoms with Crippen molar-refractivity contribution < 1.29 is 14.3 Å². The molecule has 0 spiro atoms. The van der Waals surface area contributed by atoms with Crippen LogP contribution in [-0.2, 0) is 0 Å². The second-order valence-electron chi connectivity index (χ2n) is 6.29. The topological polar surface area (TPSA) is 84.2 Å². The molecule has 0 aliphatic heterocycles. The van der Waals surface area contributed by atoms with Gasteiger partial charge in [0.2, 0.25) is 5.88 Å². The molecule has 1 amide bonds. The normalized spacial score (nSPS) is 19.2. The summed E-state index contributed by atoms with van der Waals surface area (Å²) in [5, 5.41) is 11.9. The predicted molar refractivity (Wildman–Crippen MR) is 96.1 cm³/mol. The Morgan fingerprint density at radius 3 is 2.46 bits per heavy atom. The minimum Gasteiger partial charge on any atom is -0.497 e. The van der Waals surface area contributed by atoms with E-state index in [2.05, 4.69) is 10.3 Å². The number of amides is 1. The molecular weight excluding hydrogens is 330 g/mol. The molecule has 1 heterocycles. The molecule has 1 fully saturated rings. The van der Waals surface area contributed by atoms with Gasteiger partial charge in [0, 0.05) is 23.9 Å². The molecule has 1 aromatic carbocycles. The van der Waals surface area contributed by atoms with Crippen molar-refractivity contribution in [2.24, 2.45) is 0 Å². The van der Waals surface area contributed by atoms with Crippen LogP contribution in [-0.4, -0.2) is 30.1 Å². The van der Waals surface area contributed by atoms with E-state index in [-0.39, 0.29) is 18.1 Å². The summed E-state index contributed by atoms with van der Waals surface area (Å²) >= 11 is 0. The molecule has 1 N–H and O–H groups in total. The monoisotopic (exact) mass is 351 g/mol. The Balaban J connectivity index is 1.46. The lowest BCUT2D eigenvalue weighted by Gasteiger charge is -2.29. The molecule has 26 heavy (non-hydrogen) atoms. The fourth-order valence-corrected chi connectivity index (χ4v) is 3.02. The SMILES string of the molecule is COc1ccc(C(=O)NC2CCC(Oc3ccc(C#N)cn3)CC2)cc1. The standard InChI is InChI=1S/C20H21N3O3/c1-25-17-7-3-15(4-8-17)20(24)23-16-5-9-18(10-6-16)26-19-11-2-14(12-21)13-22-19/h2-4,7-8,11,13,16,18H,5-6,9-10H2,1H3,(H,23,24). The van der Waals surface area contributed by atoms with Gasteiger partial charge in [-0.3, -0.25) is 4.79 Å². The molecule has 0 atom stereocenters. The summed E-state index contributed by atoms with van der Waals surface area (Å²) in [6, 6.07) is 12.7. The Morgan fingerprint density at radius 1 is 1.15 bits per heavy atom. The highest BCUT2D eigenvalue weighted by atomic mass is 16.5. The average molecular weight is 351 g/mol. The fourth-order valence-electron chi connectivity index (χ4n) is 3.02. The van der Waals surface area contributed by atoms with Crippen LogP contribution in [0.15, 0.2) is 42.6 Å². The molecule has 0 bridgehead atoms. The zero-order chi connectivity index (χ0) is 18.4. The Bertz CT molecular complexity index is 773. The zero-order valence-electron chi connectivity index (χ0n) is 14.6. The third kappa shape index (κ3) is 4.51. The van der Waals surface area contributed by atoms with Crippen LogP contribution in [0.3, 0.4) is 0 Å². The van der Waals surface area contributed by atoms with Crippen LogP contribution in [0, 0.1) is 11.3 Å². The van der Waals surface area contributed by atoms with Gasteiger partial charge in [-0.1, -0.05) is 0 Å². The Morgan fingerprint density at radius 2 is 1.88 bits per heavy atom. The average Bonchev–Trinajstić information content (AvgIpc) is 2.70. The lowest BCUT2D eigenvalue weighted by Crippen LogP contribution is -2.39. The number of carbonyl (C=O) groups is 1. The minimum absolute atomic E-state index is 0.0641. The number of nitrogens with one attached hydrogen (secondary N) is 1. The lowest BCUT2D eigenvalue weighted by molar-refractivity contribution is 0.0890. The van der Waals surface area contributed by atoms with E-state index in [9.17, 15) is 4.79 Å². The fraction of sp³-hybridized carbons (Fsp3) is 0.350. The lowest BCUT2D eigenvalue weighted by atomic mass is 9.92. The Labute approximate surface area is 152 Å². The summed E-state index contributed by atoms with van der Waals surface area (Å²) < 4.78 is 11.0. The zero-order valence-corrected chi connectivity index (χ0v) is 14.6. The molecule has 1 saturated carbocycles. The molecule has 0 unspecified atom stereocenters. The van der Waals surface area contributed by atoms with Crippen molar-refractivity contribution in [2.45, 2.75) is 37.8 Å². The van der Waals surface area contributed by atoms with Crippen molar-refractivity contribution in [1.29, 1.82) is 5.26 Å². The van der Waals surface area contributed by atoms with Gasteiger partial charge >= 0.3 is 0 Å². The van der Waals surface area contributed by atoms with Crippen LogP contribution in [0.4, 0.5) is 0 Å². The van der Waals surface area contributed by atoms with E-state index in [1.54, 1.807) is 43.5 Å². The number of nitrogens with zero attached hydrogens (tertiary/aromatic N) is 2. The highest BCUT2D eigenvalue weighted by Crippen LogP contribution is 2.23. The molecule has 1 aromatic heterocycles. The van der Waals surface area contributed by atoms with Gasteiger partial charge in [-0.15, -0.1) is 0 Å². The van der Waals surface area contributed by atoms with Gasteiger partial charge in [0.25, 0.3) is 5.91 Å². The number of rotatable bonds is 5. The molecule has 3 rings (SSSR count). The molecular formula is C20H21N3O3. The number of aromatic nitrogens is 1. The predicted octanol–water partition coefficient (Wildman–Crippen LogP) is 3.08. The highest BCUT2D eigenvalue weighted by molar-refractivity contribution is 5.94. The third-order valence-corrected chi connectivity index (χ3v) is 4.51. The first-order valence-corrected chi connectivity index (χ1v) is 8.65. The van der Waals surface area contributed by atoms with Crippen molar-refractivity contribution in [3.05, 3.63) is 53.7 Å². The maximum Gasteiger partial charge on any atom is 0.251 e. The molecule has 0 saturated heterocycles. The summed E-state index contributed by atoms with van der Waals surface area (Å²) in [5.41, 5.74) is 1.15. The Kier molecular flexibility index (Phi) is 5.69. The first-order chi connectivity index (χ1) is 12.7. The van der Waals surface area contributed by atoms with Gasteiger partial charge in [0.05, 0.1) is 12.7 Å². The number of carbonyl (C=O) groups excluding carboxylic acids is 1. The first-order valence-electron chi connectivity index (χ1n) is 8.65. The maximum atomic E-state index is 12.3. The van der Waals surface area contributed by atoms with E-state index in [0.717, 1.165) is 31.4 Å². The van der Waals surface area contributed by atoms with Crippen molar-refractivity contribution in [3.8, 4) is 17.7 Å². The van der Waals surface area contributed by atoms with Crippen molar-refractivity contribution in [1.82, 2.24) is 10.3 Å². The quantitative estimate of drug-likeness (QED) is 0.895. The minimum atomic E-state index is -0.0641. The van der Waals surface area contributed by atoms with Crippen LogP contribution in [0.25, 0.3) is 0 Å². The molecule has 1 aliphatic carbocycles. The maximum absolute atomic E-state index is 12.3. The molecule has 0 radical (unpaired) electrons. The van der Waals surface area contributed by atoms with Gasteiger partial charge < -0.3 is 14.8 Å². The number of hydrogen-bond donors (Lipinski definition) is 1. The molecule has 134 valence electrons. The van der Waals surface area contributed by atoms with Gasteiger partial charge in [0.1, 0.15) is 17.9 Å². The third-order valence-electron chi connectivity index (χ3n) is 4.51. The van der Waals surface area contributed by atoms with Crippen molar-refractivity contribution >= 4 is 5.91 Å². The van der Waals surface area contributed by atoms with E-state index in [1.165, 1.54) is 6.20 Å². The number of hydrogen-bond acceptors (Lipinski definition) is 5. The van der Waals surface area contributed by atoms with Crippen LogP contribution < -0.4 is 14.8 Å². The summed E-state index contributed by atoms with van der Waals surface area (Å²) in [5.74, 6) is 1.20. The summed E-state index contributed by atoms with van der Waals surface area (Å²) in [4.78, 5) is 16.5. The van der Waals surface area contributed by atoms with E-state index in [4.69, 9.17) is 14.7 Å². The van der Waals surface area contributed by atoms with Crippen LogP contribution >= 0.6 is 0 Å². The number of methoxy groups -OCH3 is 1. The highest BCUT2D eigenvalue weighted by Gasteiger charge is 2.24. The van der Waals surface area contributed by atoms with E-state index in [1.807, 2.05) is 6.07 Å². The van der Waals surface area contributed by atoms with Crippen LogP contribution in [0.2, 0.25) is 0 Å². The van der Waals surface area contributed by atoms with Gasteiger partial charge in [-0.2, -0.15) is 5.26 Å². The van der Waals surface area contributed by atoms with Gasteiger partial charge in [0.15, 0.2) is 0 Å². The largest absolute Gasteiger partial charge is 0.497 e. The van der Waals surface area contributed by atoms with Crippen molar-refractivity contribution in [2.75, 3.05) is 7.11 Å². The second kappa shape index (κ2) is 8.34. The summed E-state index contributed by atoms with van der Waals surface area (Å²) in [6.07, 6.45) is 5.04. The van der Waals surface area contributed by atoms with E-state index in [0.29, 0.717) is 17.0 Å². The summed E-state index contributed by atoms with van der Waals surface area (Å²) in [6.45, 7) is 0. The van der Waals surface area contributed by atoms with Crippen molar-refractivity contribution in [3.63, 3.8) is 0 Å². The second-order valence-corrected chi connectivity index (χ2v) is 6.29. The Hall–Kier alpha value is -3.07. The van der Waals surface area contributed by atoms with Gasteiger partial charge in [-0.25, -0.2) is 4.98 Å². The van der Waals surface area contributed by atoms with E-state index >= 15 is 0 Å². The van der Waals surface area contributed by atoms with E-state index < -0.39 is 0 Å². The number of pyridine rings is 1. The number of nitriles is 1. The van der Waals surface area contributed by atoms with Crippen LogP contribution in [0.1, 0.15) is 41.6 Å². The molecule has 1 aliphatic rings. The van der Waals surface area contributed by atoms with Crippen LogP contribution in [0.5, 0.6) is 11.6 Å². The number of benzene rings is 1. The number of ether oxygens (including phenoxy) is 2. The summed E-state index contributed by atoms with van der Waals surface area (Å²) in [7, 11) is 1.60. The smallest absolute Gasteiger partial charge is 0.251 e. The van der Waals surface area contributed by atoms with Gasteiger partial charge in [-0.05, 0) is 56.0 Å². The molecule has 2 aromatic rings.